The Morgan fingerprint density at radius 1 is 1.64 bits per heavy atom. The van der Waals surface area contributed by atoms with Gasteiger partial charge in [-0.15, -0.1) is 6.42 Å². The van der Waals surface area contributed by atoms with Gasteiger partial charge >= 0.3 is 0 Å². The van der Waals surface area contributed by atoms with Gasteiger partial charge in [0.05, 0.1) is 12.2 Å². The molecule has 3 nitrogen and oxygen atoms in total. The van der Waals surface area contributed by atoms with Crippen molar-refractivity contribution in [3.63, 3.8) is 0 Å². The molecule has 0 fully saturated rings. The van der Waals surface area contributed by atoms with Crippen molar-refractivity contribution in [1.82, 2.24) is 10.3 Å². The van der Waals surface area contributed by atoms with E-state index in [9.17, 15) is 0 Å². The van der Waals surface area contributed by atoms with Crippen LogP contribution in [0.1, 0.15) is 5.69 Å². The smallest absolute Gasteiger partial charge is 0.140 e. The van der Waals surface area contributed by atoms with Crippen LogP contribution in [0.2, 0.25) is 0 Å². The summed E-state index contributed by atoms with van der Waals surface area (Å²) in [5, 5.41) is 3.04. The van der Waals surface area contributed by atoms with Gasteiger partial charge in [0.25, 0.3) is 0 Å². The monoisotopic (exact) mass is 190 g/mol. The summed E-state index contributed by atoms with van der Waals surface area (Å²) < 4.78 is 5.49. The Hall–Kier alpha value is -1.53. The van der Waals surface area contributed by atoms with Crippen LogP contribution in [0.15, 0.2) is 18.3 Å². The lowest BCUT2D eigenvalue weighted by atomic mass is 10.3. The van der Waals surface area contributed by atoms with Gasteiger partial charge < -0.3 is 10.1 Å². The van der Waals surface area contributed by atoms with Gasteiger partial charge in [0, 0.05) is 12.7 Å². The molecule has 3 heteroatoms. The summed E-state index contributed by atoms with van der Waals surface area (Å²) in [6.45, 7) is 3.85. The van der Waals surface area contributed by atoms with Crippen molar-refractivity contribution >= 4 is 0 Å². The lowest BCUT2D eigenvalue weighted by Gasteiger charge is -2.07. The van der Waals surface area contributed by atoms with Crippen LogP contribution in [0.4, 0.5) is 0 Å². The third kappa shape index (κ3) is 3.46. The third-order valence-corrected chi connectivity index (χ3v) is 1.72. The summed E-state index contributed by atoms with van der Waals surface area (Å²) in [6, 6.07) is 3.76. The van der Waals surface area contributed by atoms with Crippen molar-refractivity contribution in [2.75, 3.05) is 19.7 Å². The van der Waals surface area contributed by atoms with Crippen LogP contribution in [-0.4, -0.2) is 24.7 Å². The summed E-state index contributed by atoms with van der Waals surface area (Å²) in [4.78, 5) is 4.12. The van der Waals surface area contributed by atoms with Gasteiger partial charge in [-0.2, -0.15) is 0 Å². The Balaban J connectivity index is 2.25. The maximum Gasteiger partial charge on any atom is 0.140 e. The number of terminal acetylenes is 1. The minimum atomic E-state index is 0.579. The van der Waals surface area contributed by atoms with Gasteiger partial charge in [0.2, 0.25) is 0 Å². The summed E-state index contributed by atoms with van der Waals surface area (Å²) in [5.41, 5.74) is 0.907. The Labute approximate surface area is 84.5 Å². The first-order valence-electron chi connectivity index (χ1n) is 4.53. The van der Waals surface area contributed by atoms with Crippen LogP contribution in [-0.2, 0) is 0 Å². The number of aryl methyl sites for hydroxylation is 1. The molecule has 74 valence electrons. The molecule has 0 bridgehead atoms. The predicted molar refractivity (Wildman–Crippen MR) is 56.2 cm³/mol. The van der Waals surface area contributed by atoms with E-state index in [1.807, 2.05) is 19.1 Å². The predicted octanol–water partition coefficient (Wildman–Crippen LogP) is 0.992. The molecule has 1 aromatic heterocycles. The molecule has 0 unspecified atom stereocenters. The largest absolute Gasteiger partial charge is 0.490 e. The highest BCUT2D eigenvalue weighted by Crippen LogP contribution is 2.12. The van der Waals surface area contributed by atoms with Gasteiger partial charge in [-0.25, -0.2) is 0 Å². The fourth-order valence-electron chi connectivity index (χ4n) is 1.02. The second kappa shape index (κ2) is 6.01. The fourth-order valence-corrected chi connectivity index (χ4v) is 1.02. The average molecular weight is 190 g/mol. The van der Waals surface area contributed by atoms with Gasteiger partial charge in [-0.1, -0.05) is 5.92 Å². The molecular weight excluding hydrogens is 176 g/mol. The third-order valence-electron chi connectivity index (χ3n) is 1.72. The fraction of sp³-hybridized carbons (Fsp3) is 0.364. The minimum Gasteiger partial charge on any atom is -0.490 e. The van der Waals surface area contributed by atoms with Crippen molar-refractivity contribution in [3.8, 4) is 18.1 Å². The van der Waals surface area contributed by atoms with Crippen molar-refractivity contribution in [2.24, 2.45) is 0 Å². The lowest BCUT2D eigenvalue weighted by Crippen LogP contribution is -2.21. The van der Waals surface area contributed by atoms with E-state index in [0.29, 0.717) is 13.2 Å². The topological polar surface area (TPSA) is 34.1 Å². The van der Waals surface area contributed by atoms with E-state index in [-0.39, 0.29) is 0 Å². The molecule has 0 amide bonds. The highest BCUT2D eigenvalue weighted by Gasteiger charge is 1.97. The standard InChI is InChI=1S/C11H14N2O/c1-3-6-12-8-9-14-11-5-4-7-13-10(11)2/h1,4-5,7,12H,6,8-9H2,2H3. The molecule has 0 aliphatic carbocycles. The van der Waals surface area contributed by atoms with Crippen molar-refractivity contribution in [2.45, 2.75) is 6.92 Å². The number of nitrogens with one attached hydrogen (secondary N) is 1. The normalized spacial score (nSPS) is 9.43. The zero-order chi connectivity index (χ0) is 10.2. The van der Waals surface area contributed by atoms with E-state index in [1.165, 1.54) is 0 Å². The maximum absolute atomic E-state index is 5.49. The molecule has 0 spiro atoms. The van der Waals surface area contributed by atoms with E-state index in [4.69, 9.17) is 11.2 Å². The van der Waals surface area contributed by atoms with E-state index in [2.05, 4.69) is 16.2 Å². The lowest BCUT2D eigenvalue weighted by molar-refractivity contribution is 0.313. The summed E-state index contributed by atoms with van der Waals surface area (Å²) in [5.74, 6) is 3.33. The molecule has 1 heterocycles. The molecule has 1 N–H and O–H groups in total. The van der Waals surface area contributed by atoms with Gasteiger partial charge in [-0.05, 0) is 19.1 Å². The molecule has 0 aliphatic rings. The molecule has 0 aromatic carbocycles. The Kier molecular flexibility index (Phi) is 4.53. The number of pyridine rings is 1. The van der Waals surface area contributed by atoms with E-state index >= 15 is 0 Å². The first kappa shape index (κ1) is 10.6. The first-order chi connectivity index (χ1) is 6.84. The average Bonchev–Trinajstić information content (AvgIpc) is 2.20. The number of aromatic nitrogens is 1. The molecule has 0 saturated carbocycles. The highest BCUT2D eigenvalue weighted by atomic mass is 16.5. The van der Waals surface area contributed by atoms with Crippen molar-refractivity contribution in [1.29, 1.82) is 0 Å². The van der Waals surface area contributed by atoms with Crippen LogP contribution in [0.25, 0.3) is 0 Å². The van der Waals surface area contributed by atoms with Crippen LogP contribution >= 0.6 is 0 Å². The molecule has 0 aliphatic heterocycles. The molecule has 0 atom stereocenters. The summed E-state index contributed by atoms with van der Waals surface area (Å²) in [6.07, 6.45) is 6.83. The second-order valence-electron chi connectivity index (χ2n) is 2.82. The SMILES string of the molecule is C#CCNCCOc1cccnc1C. The molecule has 0 saturated heterocycles. The molecular formula is C11H14N2O. The summed E-state index contributed by atoms with van der Waals surface area (Å²) >= 11 is 0. The van der Waals surface area contributed by atoms with Crippen molar-refractivity contribution < 1.29 is 4.74 Å². The number of ether oxygens (including phenoxy) is 1. The molecule has 14 heavy (non-hydrogen) atoms. The van der Waals surface area contributed by atoms with E-state index in [0.717, 1.165) is 18.0 Å². The maximum atomic E-state index is 5.49. The van der Waals surface area contributed by atoms with Gasteiger partial charge in [-0.3, -0.25) is 4.98 Å². The minimum absolute atomic E-state index is 0.579. The zero-order valence-electron chi connectivity index (χ0n) is 8.29. The van der Waals surface area contributed by atoms with Gasteiger partial charge in [0.1, 0.15) is 12.4 Å². The van der Waals surface area contributed by atoms with Crippen LogP contribution in [0.5, 0.6) is 5.75 Å². The number of hydrogen-bond acceptors (Lipinski definition) is 3. The van der Waals surface area contributed by atoms with Crippen LogP contribution in [0, 0.1) is 19.3 Å². The second-order valence-corrected chi connectivity index (χ2v) is 2.82. The van der Waals surface area contributed by atoms with Crippen LogP contribution in [0.3, 0.4) is 0 Å². The van der Waals surface area contributed by atoms with E-state index < -0.39 is 0 Å². The Bertz CT molecular complexity index is 317. The zero-order valence-corrected chi connectivity index (χ0v) is 8.29. The quantitative estimate of drug-likeness (QED) is 0.555. The Morgan fingerprint density at radius 3 is 3.21 bits per heavy atom. The van der Waals surface area contributed by atoms with Gasteiger partial charge in [0.15, 0.2) is 0 Å². The number of rotatable bonds is 5. The molecule has 0 radical (unpaired) electrons. The first-order valence-corrected chi connectivity index (χ1v) is 4.53. The number of nitrogens with zero attached hydrogens (tertiary/aromatic N) is 1. The molecule has 1 rings (SSSR count). The van der Waals surface area contributed by atoms with Crippen molar-refractivity contribution in [3.05, 3.63) is 24.0 Å². The number of hydrogen-bond donors (Lipinski definition) is 1. The van der Waals surface area contributed by atoms with Crippen LogP contribution < -0.4 is 10.1 Å². The Morgan fingerprint density at radius 2 is 2.50 bits per heavy atom. The highest BCUT2D eigenvalue weighted by molar-refractivity contribution is 5.25. The summed E-state index contributed by atoms with van der Waals surface area (Å²) in [7, 11) is 0. The molecule has 1 aromatic rings. The van der Waals surface area contributed by atoms with E-state index in [1.54, 1.807) is 6.20 Å².